The number of hydrogen-bond donors (Lipinski definition) is 1. The van der Waals surface area contributed by atoms with Crippen molar-refractivity contribution in [3.05, 3.63) is 16.1 Å². The summed E-state index contributed by atoms with van der Waals surface area (Å²) in [5.41, 5.74) is 3.05. The summed E-state index contributed by atoms with van der Waals surface area (Å²) in [4.78, 5) is 19.0. The molecule has 0 bridgehead atoms. The molecule has 6 heteroatoms. The zero-order valence-electron chi connectivity index (χ0n) is 12.2. The molecular formula is C14H23N3O2S. The van der Waals surface area contributed by atoms with Crippen molar-refractivity contribution in [1.82, 2.24) is 15.2 Å². The lowest BCUT2D eigenvalue weighted by Crippen LogP contribution is -2.45. The maximum Gasteiger partial charge on any atom is 0.409 e. The summed E-state index contributed by atoms with van der Waals surface area (Å²) in [6.45, 7) is 6.90. The molecule has 1 aliphatic rings. The summed E-state index contributed by atoms with van der Waals surface area (Å²) >= 11 is 1.73. The Morgan fingerprint density at radius 2 is 2.30 bits per heavy atom. The molecule has 0 spiro atoms. The molecule has 2 rings (SSSR count). The van der Waals surface area contributed by atoms with Crippen molar-refractivity contribution in [3.8, 4) is 0 Å². The van der Waals surface area contributed by atoms with Gasteiger partial charge in [-0.25, -0.2) is 9.78 Å². The summed E-state index contributed by atoms with van der Waals surface area (Å²) in [5, 5.41) is 3.58. The summed E-state index contributed by atoms with van der Waals surface area (Å²) in [7, 11) is 0. The Hall–Kier alpha value is -1.14. The highest BCUT2D eigenvalue weighted by Gasteiger charge is 2.22. The predicted molar refractivity (Wildman–Crippen MR) is 80.2 cm³/mol. The number of ether oxygens (including phenoxy) is 1. The van der Waals surface area contributed by atoms with Crippen LogP contribution < -0.4 is 5.32 Å². The van der Waals surface area contributed by atoms with Crippen LogP contribution >= 0.6 is 11.3 Å². The number of hydrogen-bond acceptors (Lipinski definition) is 5. The fourth-order valence-electron chi connectivity index (χ4n) is 2.44. The number of nitrogens with zero attached hydrogens (tertiary/aromatic N) is 2. The van der Waals surface area contributed by atoms with Gasteiger partial charge >= 0.3 is 6.09 Å². The van der Waals surface area contributed by atoms with Gasteiger partial charge in [-0.15, -0.1) is 11.3 Å². The Bertz CT molecular complexity index is 428. The molecule has 1 aromatic heterocycles. The maximum absolute atomic E-state index is 11.6. The standard InChI is InChI=1S/C14H23N3O2S/c1-3-19-14(18)17-8-5-12(6-9-17)15-7-4-13-11(2)16-10-20-13/h10,12,15H,3-9H2,1-2H3. The summed E-state index contributed by atoms with van der Waals surface area (Å²) in [5.74, 6) is 0. The van der Waals surface area contributed by atoms with E-state index in [2.05, 4.69) is 17.2 Å². The van der Waals surface area contributed by atoms with E-state index >= 15 is 0 Å². The Balaban J connectivity index is 1.65. The molecule has 1 fully saturated rings. The molecule has 1 saturated heterocycles. The van der Waals surface area contributed by atoms with E-state index in [1.165, 1.54) is 4.88 Å². The van der Waals surface area contributed by atoms with E-state index in [0.717, 1.165) is 44.6 Å². The lowest BCUT2D eigenvalue weighted by atomic mass is 10.1. The first-order valence-corrected chi connectivity index (χ1v) is 8.12. The van der Waals surface area contributed by atoms with Crippen LogP contribution in [0.1, 0.15) is 30.3 Å². The highest BCUT2D eigenvalue weighted by Crippen LogP contribution is 2.14. The average molecular weight is 297 g/mol. The molecule has 0 atom stereocenters. The van der Waals surface area contributed by atoms with Crippen LogP contribution in [0.5, 0.6) is 0 Å². The van der Waals surface area contributed by atoms with Crippen LogP contribution in [-0.4, -0.2) is 48.3 Å². The smallest absolute Gasteiger partial charge is 0.409 e. The number of aryl methyl sites for hydroxylation is 1. The molecule has 0 aromatic carbocycles. The van der Waals surface area contributed by atoms with E-state index in [0.29, 0.717) is 12.6 Å². The quantitative estimate of drug-likeness (QED) is 0.905. The van der Waals surface area contributed by atoms with Gasteiger partial charge in [-0.05, 0) is 33.1 Å². The molecule has 1 N–H and O–H groups in total. The predicted octanol–water partition coefficient (Wildman–Crippen LogP) is 2.20. The van der Waals surface area contributed by atoms with Crippen LogP contribution in [0.15, 0.2) is 5.51 Å². The van der Waals surface area contributed by atoms with Crippen molar-refractivity contribution in [2.45, 2.75) is 39.2 Å². The van der Waals surface area contributed by atoms with E-state index < -0.39 is 0 Å². The molecule has 112 valence electrons. The van der Waals surface area contributed by atoms with E-state index in [-0.39, 0.29) is 6.09 Å². The van der Waals surface area contributed by atoms with Crippen LogP contribution in [0, 0.1) is 6.92 Å². The number of rotatable bonds is 5. The number of amides is 1. The van der Waals surface area contributed by atoms with Crippen LogP contribution in [-0.2, 0) is 11.2 Å². The summed E-state index contributed by atoms with van der Waals surface area (Å²) < 4.78 is 5.02. The first-order valence-electron chi connectivity index (χ1n) is 7.24. The zero-order chi connectivity index (χ0) is 14.4. The van der Waals surface area contributed by atoms with Crippen molar-refractivity contribution < 1.29 is 9.53 Å². The van der Waals surface area contributed by atoms with E-state index in [1.807, 2.05) is 12.4 Å². The van der Waals surface area contributed by atoms with Crippen molar-refractivity contribution in [2.24, 2.45) is 0 Å². The number of aromatic nitrogens is 1. The Morgan fingerprint density at radius 1 is 1.55 bits per heavy atom. The van der Waals surface area contributed by atoms with Gasteiger partial charge in [0.15, 0.2) is 0 Å². The molecule has 1 amide bonds. The first-order chi connectivity index (χ1) is 9.70. The number of carbonyl (C=O) groups is 1. The molecule has 0 radical (unpaired) electrons. The first kappa shape index (κ1) is 15.3. The zero-order valence-corrected chi connectivity index (χ0v) is 13.0. The van der Waals surface area contributed by atoms with E-state index in [4.69, 9.17) is 4.74 Å². The van der Waals surface area contributed by atoms with Gasteiger partial charge in [0, 0.05) is 30.6 Å². The number of thiazole rings is 1. The van der Waals surface area contributed by atoms with Crippen molar-refractivity contribution in [1.29, 1.82) is 0 Å². The minimum atomic E-state index is -0.175. The van der Waals surface area contributed by atoms with Crippen molar-refractivity contribution in [3.63, 3.8) is 0 Å². The second-order valence-electron chi connectivity index (χ2n) is 5.03. The van der Waals surface area contributed by atoms with Crippen LogP contribution in [0.2, 0.25) is 0 Å². The van der Waals surface area contributed by atoms with Gasteiger partial charge in [-0.3, -0.25) is 0 Å². The van der Waals surface area contributed by atoms with Gasteiger partial charge < -0.3 is 15.0 Å². The minimum Gasteiger partial charge on any atom is -0.450 e. The SMILES string of the molecule is CCOC(=O)N1CCC(NCCc2scnc2C)CC1. The lowest BCUT2D eigenvalue weighted by molar-refractivity contribution is 0.0952. The third-order valence-electron chi connectivity index (χ3n) is 3.65. The van der Waals surface area contributed by atoms with Crippen LogP contribution in [0.4, 0.5) is 4.79 Å². The second kappa shape index (κ2) is 7.59. The number of likely N-dealkylation sites (tertiary alicyclic amines) is 1. The fourth-order valence-corrected chi connectivity index (χ4v) is 3.22. The van der Waals surface area contributed by atoms with Crippen molar-refractivity contribution >= 4 is 17.4 Å². The summed E-state index contributed by atoms with van der Waals surface area (Å²) in [6.07, 6.45) is 2.86. The van der Waals surface area contributed by atoms with E-state index in [1.54, 1.807) is 16.2 Å². The van der Waals surface area contributed by atoms with Crippen molar-refractivity contribution in [2.75, 3.05) is 26.2 Å². The Morgan fingerprint density at radius 3 is 2.90 bits per heavy atom. The number of piperidine rings is 1. The molecule has 0 unspecified atom stereocenters. The molecule has 0 saturated carbocycles. The van der Waals surface area contributed by atoms with Gasteiger partial charge in [0.1, 0.15) is 0 Å². The average Bonchev–Trinajstić information content (AvgIpc) is 2.85. The molecular weight excluding hydrogens is 274 g/mol. The molecule has 5 nitrogen and oxygen atoms in total. The highest BCUT2D eigenvalue weighted by molar-refractivity contribution is 7.09. The third kappa shape index (κ3) is 4.18. The minimum absolute atomic E-state index is 0.175. The number of carbonyl (C=O) groups excluding carboxylic acids is 1. The molecule has 20 heavy (non-hydrogen) atoms. The normalized spacial score (nSPS) is 16.4. The monoisotopic (exact) mass is 297 g/mol. The van der Waals surface area contributed by atoms with Gasteiger partial charge in [0.05, 0.1) is 17.8 Å². The Kier molecular flexibility index (Phi) is 5.79. The lowest BCUT2D eigenvalue weighted by Gasteiger charge is -2.31. The molecule has 0 aliphatic carbocycles. The van der Waals surface area contributed by atoms with Gasteiger partial charge in [-0.1, -0.05) is 0 Å². The second-order valence-corrected chi connectivity index (χ2v) is 5.96. The van der Waals surface area contributed by atoms with Crippen LogP contribution in [0.3, 0.4) is 0 Å². The third-order valence-corrected chi connectivity index (χ3v) is 4.65. The largest absolute Gasteiger partial charge is 0.450 e. The van der Waals surface area contributed by atoms with Gasteiger partial charge in [0.25, 0.3) is 0 Å². The van der Waals surface area contributed by atoms with Gasteiger partial charge in [-0.2, -0.15) is 0 Å². The summed E-state index contributed by atoms with van der Waals surface area (Å²) in [6, 6.07) is 0.508. The maximum atomic E-state index is 11.6. The van der Waals surface area contributed by atoms with Gasteiger partial charge in [0.2, 0.25) is 0 Å². The molecule has 1 aliphatic heterocycles. The fraction of sp³-hybridized carbons (Fsp3) is 0.714. The topological polar surface area (TPSA) is 54.5 Å². The Labute approximate surface area is 124 Å². The molecule has 2 heterocycles. The van der Waals surface area contributed by atoms with E-state index in [9.17, 15) is 4.79 Å². The number of nitrogens with one attached hydrogen (secondary N) is 1. The molecule has 1 aromatic rings. The highest BCUT2D eigenvalue weighted by atomic mass is 32.1. The van der Waals surface area contributed by atoms with Crippen LogP contribution in [0.25, 0.3) is 0 Å².